The van der Waals surface area contributed by atoms with Crippen LogP contribution in [0.15, 0.2) is 42.9 Å². The number of rotatable bonds is 3. The van der Waals surface area contributed by atoms with Gasteiger partial charge in [0.2, 0.25) is 5.95 Å². The molecule has 2 heterocycles. The van der Waals surface area contributed by atoms with E-state index in [2.05, 4.69) is 25.6 Å². The molecule has 2 aromatic heterocycles. The topological polar surface area (TPSA) is 62.7 Å². The van der Waals surface area contributed by atoms with Crippen LogP contribution in [0, 0.1) is 5.82 Å². The Labute approximate surface area is 114 Å². The fourth-order valence-electron chi connectivity index (χ4n) is 1.93. The largest absolute Gasteiger partial charge is 0.357 e. The van der Waals surface area contributed by atoms with Crippen molar-refractivity contribution in [1.29, 1.82) is 0 Å². The molecule has 0 aliphatic heterocycles. The fourth-order valence-corrected chi connectivity index (χ4v) is 1.93. The first-order chi connectivity index (χ1) is 9.78. The number of hydrogen-bond acceptors (Lipinski definition) is 5. The molecule has 0 saturated heterocycles. The Morgan fingerprint density at radius 2 is 2.05 bits per heavy atom. The third-order valence-electron chi connectivity index (χ3n) is 2.90. The molecule has 0 aliphatic carbocycles. The number of pyridine rings is 1. The molecule has 0 amide bonds. The van der Waals surface area contributed by atoms with Gasteiger partial charge in [0.1, 0.15) is 0 Å². The van der Waals surface area contributed by atoms with Crippen LogP contribution in [0.5, 0.6) is 0 Å². The molecule has 0 radical (unpaired) electrons. The van der Waals surface area contributed by atoms with E-state index in [0.29, 0.717) is 5.95 Å². The van der Waals surface area contributed by atoms with E-state index in [4.69, 9.17) is 0 Å². The molecule has 0 fully saturated rings. The van der Waals surface area contributed by atoms with Gasteiger partial charge in [0.15, 0.2) is 11.6 Å². The van der Waals surface area contributed by atoms with Gasteiger partial charge in [-0.05, 0) is 12.1 Å². The van der Waals surface area contributed by atoms with Gasteiger partial charge in [-0.15, -0.1) is 0 Å². The van der Waals surface area contributed by atoms with Crippen molar-refractivity contribution in [2.24, 2.45) is 0 Å². The Morgan fingerprint density at radius 3 is 2.90 bits per heavy atom. The van der Waals surface area contributed by atoms with Crippen LogP contribution < -0.4 is 10.6 Å². The molecule has 0 atom stereocenters. The van der Waals surface area contributed by atoms with Crippen LogP contribution in [-0.2, 0) is 0 Å². The van der Waals surface area contributed by atoms with E-state index in [1.165, 1.54) is 0 Å². The molecule has 100 valence electrons. The summed E-state index contributed by atoms with van der Waals surface area (Å²) in [6.45, 7) is 0. The van der Waals surface area contributed by atoms with Gasteiger partial charge in [0.05, 0.1) is 6.20 Å². The van der Waals surface area contributed by atoms with Crippen molar-refractivity contribution in [1.82, 2.24) is 15.0 Å². The molecule has 1 aromatic carbocycles. The highest BCUT2D eigenvalue weighted by atomic mass is 19.1. The molecule has 3 rings (SSSR count). The summed E-state index contributed by atoms with van der Waals surface area (Å²) >= 11 is 0. The third kappa shape index (κ3) is 2.23. The molecule has 6 heteroatoms. The highest BCUT2D eigenvalue weighted by Gasteiger charge is 2.08. The molecule has 3 aromatic rings. The monoisotopic (exact) mass is 269 g/mol. The Bertz CT molecular complexity index is 754. The number of benzene rings is 1. The number of nitrogens with one attached hydrogen (secondary N) is 2. The number of hydrogen-bond donors (Lipinski definition) is 2. The molecule has 5 nitrogen and oxygen atoms in total. The zero-order valence-electron chi connectivity index (χ0n) is 10.8. The molecule has 20 heavy (non-hydrogen) atoms. The molecule has 0 unspecified atom stereocenters. The molecular weight excluding hydrogens is 257 g/mol. The maximum absolute atomic E-state index is 13.8. The summed E-state index contributed by atoms with van der Waals surface area (Å²) in [5.74, 6) is -0.0143. The highest BCUT2D eigenvalue weighted by Crippen LogP contribution is 2.26. The summed E-state index contributed by atoms with van der Waals surface area (Å²) in [5.41, 5.74) is 0.768. The molecular formula is C14H12FN5. The van der Waals surface area contributed by atoms with Crippen LogP contribution in [0.1, 0.15) is 0 Å². The van der Waals surface area contributed by atoms with E-state index in [0.717, 1.165) is 22.7 Å². The zero-order chi connectivity index (χ0) is 13.9. The quantitative estimate of drug-likeness (QED) is 0.765. The maximum atomic E-state index is 13.8. The summed E-state index contributed by atoms with van der Waals surface area (Å²) < 4.78 is 13.8. The molecule has 0 aliphatic rings. The molecule has 0 spiro atoms. The van der Waals surface area contributed by atoms with Gasteiger partial charge in [0, 0.05) is 35.9 Å². The average molecular weight is 269 g/mol. The second kappa shape index (κ2) is 5.08. The van der Waals surface area contributed by atoms with Crippen LogP contribution in [0.3, 0.4) is 0 Å². The Balaban J connectivity index is 2.05. The van der Waals surface area contributed by atoms with Crippen molar-refractivity contribution in [2.45, 2.75) is 0 Å². The summed E-state index contributed by atoms with van der Waals surface area (Å²) in [7, 11) is 1.68. The van der Waals surface area contributed by atoms with Crippen molar-refractivity contribution in [3.63, 3.8) is 0 Å². The maximum Gasteiger partial charge on any atom is 0.224 e. The van der Waals surface area contributed by atoms with Gasteiger partial charge in [-0.2, -0.15) is 4.98 Å². The lowest BCUT2D eigenvalue weighted by Gasteiger charge is -2.10. The first-order valence-electron chi connectivity index (χ1n) is 6.08. The normalized spacial score (nSPS) is 10.5. The number of nitrogens with zero attached hydrogens (tertiary/aromatic N) is 3. The average Bonchev–Trinajstić information content (AvgIpc) is 2.50. The van der Waals surface area contributed by atoms with E-state index in [-0.39, 0.29) is 5.82 Å². The van der Waals surface area contributed by atoms with E-state index in [9.17, 15) is 4.39 Å². The van der Waals surface area contributed by atoms with E-state index < -0.39 is 5.82 Å². The van der Waals surface area contributed by atoms with Crippen molar-refractivity contribution in [3.8, 4) is 0 Å². The van der Waals surface area contributed by atoms with Gasteiger partial charge in [-0.3, -0.25) is 4.98 Å². The van der Waals surface area contributed by atoms with Gasteiger partial charge in [-0.25, -0.2) is 9.37 Å². The predicted octanol–water partition coefficient (Wildman–Crippen LogP) is 2.95. The van der Waals surface area contributed by atoms with Crippen molar-refractivity contribution >= 4 is 28.2 Å². The fraction of sp³-hybridized carbons (Fsp3) is 0.0714. The Hall–Kier alpha value is -2.76. The highest BCUT2D eigenvalue weighted by molar-refractivity contribution is 5.94. The van der Waals surface area contributed by atoms with Crippen molar-refractivity contribution < 1.29 is 4.39 Å². The van der Waals surface area contributed by atoms with Crippen molar-refractivity contribution in [3.05, 3.63) is 48.7 Å². The number of fused-ring (bicyclic) bond motifs is 1. The number of anilines is 3. The van der Waals surface area contributed by atoms with Gasteiger partial charge >= 0.3 is 0 Å². The van der Waals surface area contributed by atoms with E-state index >= 15 is 0 Å². The first-order valence-corrected chi connectivity index (χ1v) is 6.08. The second-order valence-corrected chi connectivity index (χ2v) is 4.17. The van der Waals surface area contributed by atoms with Crippen LogP contribution in [0.4, 0.5) is 21.8 Å². The molecule has 0 saturated carbocycles. The summed E-state index contributed by atoms with van der Waals surface area (Å²) in [6, 6.07) is 7.56. The third-order valence-corrected chi connectivity index (χ3v) is 2.90. The standard InChI is InChI=1S/C14H12FN5/c1-16-14-18-8-11(15)13(20-14)19-12-4-2-3-9-7-17-6-5-10(9)12/h2-8H,1H3,(H2,16,18,19,20). The van der Waals surface area contributed by atoms with Gasteiger partial charge in [-0.1, -0.05) is 12.1 Å². The Kier molecular flexibility index (Phi) is 3.12. The number of aromatic nitrogens is 3. The lowest BCUT2D eigenvalue weighted by molar-refractivity contribution is 0.619. The van der Waals surface area contributed by atoms with Gasteiger partial charge < -0.3 is 10.6 Å². The van der Waals surface area contributed by atoms with Crippen LogP contribution >= 0.6 is 0 Å². The second-order valence-electron chi connectivity index (χ2n) is 4.17. The lowest BCUT2D eigenvalue weighted by atomic mass is 10.1. The van der Waals surface area contributed by atoms with Crippen LogP contribution in [0.25, 0.3) is 10.8 Å². The minimum Gasteiger partial charge on any atom is -0.357 e. The lowest BCUT2D eigenvalue weighted by Crippen LogP contribution is -2.03. The van der Waals surface area contributed by atoms with E-state index in [1.807, 2.05) is 24.3 Å². The van der Waals surface area contributed by atoms with E-state index in [1.54, 1.807) is 19.4 Å². The predicted molar refractivity (Wildman–Crippen MR) is 76.6 cm³/mol. The Morgan fingerprint density at radius 1 is 1.15 bits per heavy atom. The minimum atomic E-state index is -0.505. The SMILES string of the molecule is CNc1ncc(F)c(Nc2cccc3cnccc23)n1. The summed E-state index contributed by atoms with van der Waals surface area (Å²) in [5, 5.41) is 7.70. The van der Waals surface area contributed by atoms with Crippen LogP contribution in [0.2, 0.25) is 0 Å². The smallest absolute Gasteiger partial charge is 0.224 e. The number of halogens is 1. The first kappa shape index (κ1) is 12.3. The molecule has 0 bridgehead atoms. The summed E-state index contributed by atoms with van der Waals surface area (Å²) in [6.07, 6.45) is 4.59. The zero-order valence-corrected chi connectivity index (χ0v) is 10.8. The van der Waals surface area contributed by atoms with Gasteiger partial charge in [0.25, 0.3) is 0 Å². The summed E-state index contributed by atoms with van der Waals surface area (Å²) in [4.78, 5) is 12.0. The van der Waals surface area contributed by atoms with Crippen LogP contribution in [-0.4, -0.2) is 22.0 Å². The van der Waals surface area contributed by atoms with Crippen molar-refractivity contribution in [2.75, 3.05) is 17.7 Å². The minimum absolute atomic E-state index is 0.133. The molecule has 2 N–H and O–H groups in total.